The monoisotopic (exact) mass is 403 g/mol. The zero-order chi connectivity index (χ0) is 20.1. The molecule has 0 radical (unpaired) electrons. The lowest BCUT2D eigenvalue weighted by atomic mass is 9.95. The summed E-state index contributed by atoms with van der Waals surface area (Å²) >= 11 is 1.51. The molecule has 7 heteroatoms. The first-order valence-corrected chi connectivity index (χ1v) is 10.4. The fourth-order valence-corrected chi connectivity index (χ4v) is 6.20. The Morgan fingerprint density at radius 2 is 2.00 bits per heavy atom. The van der Waals surface area contributed by atoms with Crippen molar-refractivity contribution in [2.24, 2.45) is 16.6 Å². The number of benzene rings is 2. The highest BCUT2D eigenvalue weighted by molar-refractivity contribution is 8.00. The summed E-state index contributed by atoms with van der Waals surface area (Å²) in [5.74, 6) is 1.38. The first-order valence-electron chi connectivity index (χ1n) is 9.42. The summed E-state index contributed by atoms with van der Waals surface area (Å²) in [5.41, 5.74) is 6.03. The molecule has 1 aliphatic carbocycles. The molecular weight excluding hydrogens is 384 g/mol. The van der Waals surface area contributed by atoms with E-state index in [9.17, 15) is 10.5 Å². The third-order valence-corrected chi connectivity index (χ3v) is 7.45. The van der Waals surface area contributed by atoms with Gasteiger partial charge in [-0.05, 0) is 23.3 Å². The molecule has 2 aromatic rings. The van der Waals surface area contributed by atoms with Gasteiger partial charge in [-0.3, -0.25) is 5.73 Å². The molecule has 3 aliphatic rings. The molecule has 2 aromatic carbocycles. The van der Waals surface area contributed by atoms with Crippen molar-refractivity contribution >= 4 is 17.6 Å². The van der Waals surface area contributed by atoms with Gasteiger partial charge in [-0.15, -0.1) is 0 Å². The van der Waals surface area contributed by atoms with Gasteiger partial charge in [0.2, 0.25) is 0 Å². The summed E-state index contributed by atoms with van der Waals surface area (Å²) in [5, 5.41) is 19.3. The minimum absolute atomic E-state index is 0.316. The van der Waals surface area contributed by atoms with E-state index in [1.807, 2.05) is 54.6 Å². The molecule has 1 spiro atoms. The van der Waals surface area contributed by atoms with Gasteiger partial charge in [-0.1, -0.05) is 54.2 Å². The highest BCUT2D eigenvalue weighted by Crippen LogP contribution is 2.80. The molecule has 2 heterocycles. The van der Waals surface area contributed by atoms with E-state index in [0.29, 0.717) is 24.8 Å². The van der Waals surface area contributed by atoms with E-state index in [2.05, 4.69) is 17.1 Å². The fraction of sp³-hybridized carbons (Fsp3) is 0.318. The third kappa shape index (κ3) is 2.17. The first-order chi connectivity index (χ1) is 14.1. The van der Waals surface area contributed by atoms with Crippen LogP contribution in [0.1, 0.15) is 17.0 Å². The lowest BCUT2D eigenvalue weighted by Crippen LogP contribution is -2.88. The second kappa shape index (κ2) is 6.25. The SMILES string of the molecule is N#C[C@@]12[C@H](c3cccc(OCc4ccccc4)c3)[C@]1(C#N)C(N)=[NH+][C@@]21OCCS1. The van der Waals surface area contributed by atoms with E-state index in [-0.39, 0.29) is 5.92 Å². The number of rotatable bonds is 4. The quantitative estimate of drug-likeness (QED) is 0.796. The number of hydrogen-bond acceptors (Lipinski definition) is 6. The van der Waals surface area contributed by atoms with Crippen molar-refractivity contribution in [3.05, 3.63) is 65.7 Å². The van der Waals surface area contributed by atoms with Crippen LogP contribution in [0.25, 0.3) is 0 Å². The van der Waals surface area contributed by atoms with E-state index in [1.54, 1.807) is 0 Å². The number of fused-ring (bicyclic) bond motifs is 2. The van der Waals surface area contributed by atoms with Crippen molar-refractivity contribution in [1.82, 2.24) is 0 Å². The Kier molecular flexibility index (Phi) is 3.89. The lowest BCUT2D eigenvalue weighted by Gasteiger charge is -2.23. The predicted octanol–water partition coefficient (Wildman–Crippen LogP) is 1.25. The number of nitriles is 2. The predicted molar refractivity (Wildman–Crippen MR) is 107 cm³/mol. The molecular formula is C22H19N4O2S+. The molecule has 1 saturated heterocycles. The maximum absolute atomic E-state index is 10.2. The van der Waals surface area contributed by atoms with Crippen LogP contribution in [0.15, 0.2) is 54.6 Å². The molecule has 144 valence electrons. The molecule has 3 N–H and O–H groups in total. The van der Waals surface area contributed by atoms with Crippen molar-refractivity contribution in [3.8, 4) is 17.9 Å². The number of nitrogens with two attached hydrogens (primary N) is 1. The standard InChI is InChI=1S/C22H18N4O2S/c23-13-20-18(21(20,14-24)22(26-19(20)25)28-9-10-29-22)16-7-4-8-17(11-16)27-12-15-5-2-1-3-6-15/h1-8,11,18H,9-10,12H2,(H2,25,26)/p+1/t18-,20-,21-,22-/m1/s1. The van der Waals surface area contributed by atoms with Crippen LogP contribution in [0.4, 0.5) is 0 Å². The highest BCUT2D eigenvalue weighted by Gasteiger charge is 2.96. The number of nitrogens with zero attached hydrogens (tertiary/aromatic N) is 2. The van der Waals surface area contributed by atoms with Gasteiger partial charge >= 0.3 is 0 Å². The average Bonchev–Trinajstić information content (AvgIpc) is 3.02. The van der Waals surface area contributed by atoms with E-state index in [0.717, 1.165) is 16.9 Å². The smallest absolute Gasteiger partial charge is 0.277 e. The van der Waals surface area contributed by atoms with Crippen LogP contribution in [0.5, 0.6) is 5.75 Å². The molecule has 6 nitrogen and oxygen atoms in total. The van der Waals surface area contributed by atoms with Crippen LogP contribution in [0.2, 0.25) is 0 Å². The number of hydrogen-bond donors (Lipinski definition) is 2. The molecule has 0 bridgehead atoms. The minimum atomic E-state index is -1.11. The van der Waals surface area contributed by atoms with E-state index in [4.69, 9.17) is 15.2 Å². The normalized spacial score (nSPS) is 34.1. The molecule has 0 unspecified atom stereocenters. The Balaban J connectivity index is 1.50. The number of thioether (sulfide) groups is 1. The van der Waals surface area contributed by atoms with E-state index >= 15 is 0 Å². The van der Waals surface area contributed by atoms with Crippen molar-refractivity contribution in [1.29, 1.82) is 10.5 Å². The van der Waals surface area contributed by atoms with E-state index < -0.39 is 15.9 Å². The van der Waals surface area contributed by atoms with Gasteiger partial charge in [0.1, 0.15) is 12.4 Å². The summed E-state index contributed by atoms with van der Waals surface area (Å²) in [6, 6.07) is 22.3. The Morgan fingerprint density at radius 3 is 2.69 bits per heavy atom. The Hall–Kier alpha value is -3.00. The Bertz CT molecular complexity index is 1080. The Morgan fingerprint density at radius 1 is 1.17 bits per heavy atom. The van der Waals surface area contributed by atoms with Crippen LogP contribution >= 0.6 is 11.8 Å². The van der Waals surface area contributed by atoms with Crippen molar-refractivity contribution in [2.45, 2.75) is 17.6 Å². The van der Waals surface area contributed by atoms with E-state index in [1.165, 1.54) is 11.8 Å². The Labute approximate surface area is 172 Å². The average molecular weight is 403 g/mol. The number of nitrogens with one attached hydrogen (secondary N) is 1. The van der Waals surface area contributed by atoms with Crippen LogP contribution < -0.4 is 15.5 Å². The summed E-state index contributed by atoms with van der Waals surface area (Å²) in [6.07, 6.45) is 0. The summed E-state index contributed by atoms with van der Waals surface area (Å²) in [7, 11) is 0. The van der Waals surface area contributed by atoms with Gasteiger partial charge in [0.15, 0.2) is 10.8 Å². The van der Waals surface area contributed by atoms with Gasteiger partial charge in [0, 0.05) is 11.7 Å². The molecule has 0 amide bonds. The van der Waals surface area contributed by atoms with Crippen LogP contribution in [0.3, 0.4) is 0 Å². The zero-order valence-electron chi connectivity index (χ0n) is 15.6. The maximum Gasteiger partial charge on any atom is 0.277 e. The fourth-order valence-electron chi connectivity index (χ4n) is 4.84. The van der Waals surface area contributed by atoms with Gasteiger partial charge in [-0.2, -0.15) is 10.5 Å². The zero-order valence-corrected chi connectivity index (χ0v) is 16.4. The van der Waals surface area contributed by atoms with Gasteiger partial charge in [0.05, 0.1) is 18.7 Å². The van der Waals surface area contributed by atoms with Crippen LogP contribution in [0, 0.1) is 33.5 Å². The van der Waals surface area contributed by atoms with Crippen molar-refractivity contribution in [3.63, 3.8) is 0 Å². The van der Waals surface area contributed by atoms with Crippen LogP contribution in [-0.2, 0) is 11.3 Å². The van der Waals surface area contributed by atoms with Crippen molar-refractivity contribution < 1.29 is 14.5 Å². The molecule has 2 aliphatic heterocycles. The summed E-state index contributed by atoms with van der Waals surface area (Å²) < 4.78 is 11.9. The highest BCUT2D eigenvalue weighted by atomic mass is 32.2. The second-order valence-electron chi connectivity index (χ2n) is 7.47. The van der Waals surface area contributed by atoms with Gasteiger partial charge < -0.3 is 9.47 Å². The molecule has 1 saturated carbocycles. The van der Waals surface area contributed by atoms with Crippen molar-refractivity contribution in [2.75, 3.05) is 12.4 Å². The topological polar surface area (TPSA) is 106 Å². The largest absolute Gasteiger partial charge is 0.489 e. The number of ether oxygens (including phenoxy) is 2. The molecule has 4 atom stereocenters. The first kappa shape index (κ1) is 18.1. The maximum atomic E-state index is 10.2. The third-order valence-electron chi connectivity index (χ3n) is 6.13. The number of amidine groups is 1. The summed E-state index contributed by atoms with van der Waals surface area (Å²) in [4.78, 5) is 3.13. The van der Waals surface area contributed by atoms with Crippen LogP contribution in [-0.4, -0.2) is 23.3 Å². The summed E-state index contributed by atoms with van der Waals surface area (Å²) in [6.45, 7) is 0.962. The molecule has 29 heavy (non-hydrogen) atoms. The molecule has 5 rings (SSSR count). The lowest BCUT2D eigenvalue weighted by molar-refractivity contribution is -0.583. The molecule has 2 fully saturated rings. The van der Waals surface area contributed by atoms with Gasteiger partial charge in [0.25, 0.3) is 10.9 Å². The minimum Gasteiger partial charge on any atom is -0.489 e. The van der Waals surface area contributed by atoms with Gasteiger partial charge in [-0.25, -0.2) is 4.99 Å². The molecule has 0 aromatic heterocycles. The second-order valence-corrected chi connectivity index (χ2v) is 8.74.